The summed E-state index contributed by atoms with van der Waals surface area (Å²) in [6, 6.07) is 0. The van der Waals surface area contributed by atoms with Gasteiger partial charge in [0.15, 0.2) is 0 Å². The lowest BCUT2D eigenvalue weighted by Crippen LogP contribution is -2.49. The van der Waals surface area contributed by atoms with E-state index in [1.165, 1.54) is 0 Å². The topological polar surface area (TPSA) is 154 Å². The van der Waals surface area contributed by atoms with E-state index in [1.54, 1.807) is 14.7 Å². The van der Waals surface area contributed by atoms with Crippen molar-refractivity contribution in [2.75, 3.05) is 85.1 Å². The van der Waals surface area contributed by atoms with Crippen LogP contribution in [0.4, 0.5) is 0 Å². The number of aliphatic carboxylic acids is 3. The second-order valence-corrected chi connectivity index (χ2v) is 10.1. The Hall–Kier alpha value is -2.12. The summed E-state index contributed by atoms with van der Waals surface area (Å²) in [5, 5.41) is 31.1. The van der Waals surface area contributed by atoms with Crippen LogP contribution in [0.15, 0.2) is 0 Å². The Morgan fingerprint density at radius 2 is 0.943 bits per heavy atom. The van der Waals surface area contributed by atoms with Gasteiger partial charge >= 0.3 is 17.9 Å². The number of carbonyl (C=O) groups excluding carboxylic acids is 1. The fraction of sp³-hybridized carbons (Fsp3) is 0.826. The maximum atomic E-state index is 12.6. The van der Waals surface area contributed by atoms with Crippen molar-refractivity contribution in [3.05, 3.63) is 0 Å². The van der Waals surface area contributed by atoms with Gasteiger partial charge in [-0.1, -0.05) is 0 Å². The molecule has 202 valence electrons. The van der Waals surface area contributed by atoms with Gasteiger partial charge in [-0.05, 0) is 33.7 Å². The molecule has 1 rings (SSSR count). The Bertz CT molecular complexity index is 666. The molecule has 35 heavy (non-hydrogen) atoms. The first-order valence-corrected chi connectivity index (χ1v) is 12.2. The molecule has 4 N–H and O–H groups in total. The van der Waals surface area contributed by atoms with E-state index in [9.17, 15) is 34.5 Å². The van der Waals surface area contributed by atoms with Crippen LogP contribution in [-0.4, -0.2) is 149 Å². The SMILES string of the molecule is CC(C)(C)NCCCC(=O)CN1CCN(CC(=O)O)CCN(CC(=O)O)CCN(CC(=O)O)CC1. The smallest absolute Gasteiger partial charge is 0.317 e. The molecule has 0 spiro atoms. The summed E-state index contributed by atoms with van der Waals surface area (Å²) < 4.78 is 0. The lowest BCUT2D eigenvalue weighted by atomic mass is 10.1. The fourth-order valence-corrected chi connectivity index (χ4v) is 3.86. The van der Waals surface area contributed by atoms with Gasteiger partial charge in [0, 0.05) is 64.3 Å². The van der Waals surface area contributed by atoms with Crippen molar-refractivity contribution < 1.29 is 34.5 Å². The van der Waals surface area contributed by atoms with Crippen LogP contribution >= 0.6 is 0 Å². The molecule has 1 saturated heterocycles. The summed E-state index contributed by atoms with van der Waals surface area (Å²) in [6.07, 6.45) is 1.15. The standard InChI is InChI=1S/C23H43N5O7/c1-23(2,3)24-6-4-5-19(29)15-25-7-9-26(16-20(30)31)11-13-28(18-22(34)35)14-12-27(10-8-25)17-21(32)33/h24H,4-18H2,1-3H3,(H,30,31)(H,32,33)(H,34,35). The van der Waals surface area contributed by atoms with Crippen molar-refractivity contribution in [2.24, 2.45) is 0 Å². The van der Waals surface area contributed by atoms with E-state index in [2.05, 4.69) is 26.1 Å². The van der Waals surface area contributed by atoms with Crippen molar-refractivity contribution in [3.8, 4) is 0 Å². The van der Waals surface area contributed by atoms with Crippen molar-refractivity contribution in [3.63, 3.8) is 0 Å². The zero-order valence-corrected chi connectivity index (χ0v) is 21.4. The highest BCUT2D eigenvalue weighted by atomic mass is 16.4. The summed E-state index contributed by atoms with van der Waals surface area (Å²) in [7, 11) is 0. The molecular weight excluding hydrogens is 458 g/mol. The highest BCUT2D eigenvalue weighted by molar-refractivity contribution is 5.80. The van der Waals surface area contributed by atoms with E-state index >= 15 is 0 Å². The molecule has 12 nitrogen and oxygen atoms in total. The summed E-state index contributed by atoms with van der Waals surface area (Å²) in [4.78, 5) is 53.7. The molecule has 0 aromatic heterocycles. The summed E-state index contributed by atoms with van der Waals surface area (Å²) in [5.41, 5.74) is -0.0126. The Morgan fingerprint density at radius 3 is 1.23 bits per heavy atom. The van der Waals surface area contributed by atoms with E-state index in [0.29, 0.717) is 58.8 Å². The van der Waals surface area contributed by atoms with Gasteiger partial charge in [-0.2, -0.15) is 0 Å². The molecule has 0 amide bonds. The predicted molar refractivity (Wildman–Crippen MR) is 131 cm³/mol. The van der Waals surface area contributed by atoms with E-state index in [-0.39, 0.29) is 37.5 Å². The maximum absolute atomic E-state index is 12.6. The first kappa shape index (κ1) is 30.9. The fourth-order valence-electron chi connectivity index (χ4n) is 3.86. The van der Waals surface area contributed by atoms with E-state index in [4.69, 9.17) is 0 Å². The van der Waals surface area contributed by atoms with Gasteiger partial charge in [0.1, 0.15) is 5.78 Å². The molecule has 1 aliphatic heterocycles. The zero-order chi connectivity index (χ0) is 26.4. The molecule has 0 saturated carbocycles. The Labute approximate surface area is 207 Å². The number of hydrogen-bond donors (Lipinski definition) is 4. The highest BCUT2D eigenvalue weighted by Crippen LogP contribution is 2.04. The molecule has 0 atom stereocenters. The number of ketones is 1. The minimum absolute atomic E-state index is 0.0126. The minimum Gasteiger partial charge on any atom is -0.480 e. The number of Topliss-reactive ketones (excluding diaryl/α,β-unsaturated/α-hetero) is 1. The van der Waals surface area contributed by atoms with E-state index in [0.717, 1.165) is 13.0 Å². The lowest BCUT2D eigenvalue weighted by molar-refractivity contribution is -0.140. The van der Waals surface area contributed by atoms with Gasteiger partial charge in [0.2, 0.25) is 0 Å². The predicted octanol–water partition coefficient (Wildman–Crippen LogP) is -0.801. The number of nitrogens with one attached hydrogen (secondary N) is 1. The molecule has 1 aliphatic rings. The molecule has 0 aromatic rings. The number of nitrogens with zero attached hydrogens (tertiary/aromatic N) is 4. The molecule has 0 aliphatic carbocycles. The molecule has 0 aromatic carbocycles. The maximum Gasteiger partial charge on any atom is 0.317 e. The van der Waals surface area contributed by atoms with Gasteiger partial charge in [0.05, 0.1) is 26.2 Å². The molecule has 1 fully saturated rings. The van der Waals surface area contributed by atoms with Crippen LogP contribution in [-0.2, 0) is 19.2 Å². The Kier molecular flexibility index (Phi) is 13.9. The van der Waals surface area contributed by atoms with E-state index in [1.807, 2.05) is 4.90 Å². The first-order chi connectivity index (χ1) is 16.3. The molecule has 1 heterocycles. The van der Waals surface area contributed by atoms with Crippen molar-refractivity contribution in [1.82, 2.24) is 24.9 Å². The zero-order valence-electron chi connectivity index (χ0n) is 21.4. The second-order valence-electron chi connectivity index (χ2n) is 10.1. The largest absolute Gasteiger partial charge is 0.480 e. The van der Waals surface area contributed by atoms with Crippen LogP contribution in [0, 0.1) is 0 Å². The Morgan fingerprint density at radius 1 is 0.629 bits per heavy atom. The summed E-state index contributed by atoms with van der Waals surface area (Å²) >= 11 is 0. The Balaban J connectivity index is 2.84. The van der Waals surface area contributed by atoms with Crippen molar-refractivity contribution in [2.45, 2.75) is 39.2 Å². The van der Waals surface area contributed by atoms with Crippen LogP contribution in [0.25, 0.3) is 0 Å². The van der Waals surface area contributed by atoms with Crippen LogP contribution < -0.4 is 5.32 Å². The molecule has 0 unspecified atom stereocenters. The van der Waals surface area contributed by atoms with E-state index < -0.39 is 17.9 Å². The number of carboxylic acid groups (broad SMARTS) is 3. The third kappa shape index (κ3) is 16.2. The quantitative estimate of drug-likeness (QED) is 0.248. The average Bonchev–Trinajstić information content (AvgIpc) is 2.71. The number of hydrogen-bond acceptors (Lipinski definition) is 9. The third-order valence-electron chi connectivity index (χ3n) is 5.69. The van der Waals surface area contributed by atoms with Crippen LogP contribution in [0.3, 0.4) is 0 Å². The molecule has 0 radical (unpaired) electrons. The van der Waals surface area contributed by atoms with Crippen LogP contribution in [0.1, 0.15) is 33.6 Å². The van der Waals surface area contributed by atoms with Gasteiger partial charge in [-0.3, -0.25) is 38.8 Å². The van der Waals surface area contributed by atoms with Crippen LogP contribution in [0.2, 0.25) is 0 Å². The van der Waals surface area contributed by atoms with Crippen LogP contribution in [0.5, 0.6) is 0 Å². The lowest BCUT2D eigenvalue weighted by Gasteiger charge is -2.32. The summed E-state index contributed by atoms with van der Waals surface area (Å²) in [6.45, 7) is 9.76. The average molecular weight is 502 g/mol. The summed E-state index contributed by atoms with van der Waals surface area (Å²) in [5.74, 6) is -2.84. The highest BCUT2D eigenvalue weighted by Gasteiger charge is 2.21. The second kappa shape index (κ2) is 15.8. The van der Waals surface area contributed by atoms with Crippen molar-refractivity contribution in [1.29, 1.82) is 0 Å². The monoisotopic (exact) mass is 501 g/mol. The molecule has 0 bridgehead atoms. The number of carbonyl (C=O) groups is 4. The molecular formula is C23H43N5O7. The van der Waals surface area contributed by atoms with Gasteiger partial charge < -0.3 is 20.6 Å². The minimum atomic E-state index is -0.992. The molecule has 12 heteroatoms. The number of carboxylic acids is 3. The van der Waals surface area contributed by atoms with Gasteiger partial charge in [-0.15, -0.1) is 0 Å². The first-order valence-electron chi connectivity index (χ1n) is 12.2. The number of rotatable bonds is 12. The van der Waals surface area contributed by atoms with Gasteiger partial charge in [-0.25, -0.2) is 0 Å². The van der Waals surface area contributed by atoms with Crippen molar-refractivity contribution >= 4 is 23.7 Å². The van der Waals surface area contributed by atoms with Gasteiger partial charge in [0.25, 0.3) is 0 Å². The normalized spacial score (nSPS) is 18.5. The third-order valence-corrected chi connectivity index (χ3v) is 5.69.